The maximum atomic E-state index is 5.85. The molecule has 3 aromatic rings. The van der Waals surface area contributed by atoms with Crippen LogP contribution in [0.25, 0.3) is 16.7 Å². The van der Waals surface area contributed by atoms with Crippen molar-refractivity contribution in [3.63, 3.8) is 0 Å². The molecule has 0 radical (unpaired) electrons. The summed E-state index contributed by atoms with van der Waals surface area (Å²) < 4.78 is 2.26. The molecule has 0 aliphatic heterocycles. The van der Waals surface area contributed by atoms with E-state index >= 15 is 0 Å². The molecular formula is C18H21N3. The fraction of sp³-hybridized carbons (Fsp3) is 0.278. The molecule has 0 fully saturated rings. The van der Waals surface area contributed by atoms with Crippen LogP contribution in [0.5, 0.6) is 0 Å². The van der Waals surface area contributed by atoms with Crippen molar-refractivity contribution < 1.29 is 0 Å². The van der Waals surface area contributed by atoms with E-state index in [1.54, 1.807) is 0 Å². The van der Waals surface area contributed by atoms with Gasteiger partial charge >= 0.3 is 0 Å². The van der Waals surface area contributed by atoms with Gasteiger partial charge in [-0.1, -0.05) is 30.3 Å². The summed E-state index contributed by atoms with van der Waals surface area (Å²) >= 11 is 0. The zero-order valence-electron chi connectivity index (χ0n) is 12.4. The van der Waals surface area contributed by atoms with Gasteiger partial charge in [-0.2, -0.15) is 0 Å². The van der Waals surface area contributed by atoms with E-state index < -0.39 is 0 Å². The van der Waals surface area contributed by atoms with E-state index in [0.29, 0.717) is 0 Å². The van der Waals surface area contributed by atoms with Crippen LogP contribution in [0.2, 0.25) is 0 Å². The Bertz CT molecular complexity index is 714. The van der Waals surface area contributed by atoms with Crippen LogP contribution in [0.1, 0.15) is 25.6 Å². The third-order valence-electron chi connectivity index (χ3n) is 3.70. The Morgan fingerprint density at radius 2 is 1.76 bits per heavy atom. The maximum absolute atomic E-state index is 5.85. The van der Waals surface area contributed by atoms with Crippen molar-refractivity contribution in [1.82, 2.24) is 9.55 Å². The predicted octanol–water partition coefficient (Wildman–Crippen LogP) is 3.70. The van der Waals surface area contributed by atoms with E-state index in [9.17, 15) is 0 Å². The zero-order valence-corrected chi connectivity index (χ0v) is 12.4. The van der Waals surface area contributed by atoms with Crippen LogP contribution in [-0.2, 0) is 6.42 Å². The molecule has 3 rings (SSSR count). The summed E-state index contributed by atoms with van der Waals surface area (Å²) in [5.41, 5.74) is 9.24. The van der Waals surface area contributed by atoms with Gasteiger partial charge in [-0.15, -0.1) is 0 Å². The number of nitrogens with two attached hydrogens (primary N) is 1. The number of para-hydroxylation sites is 3. The number of aromatic nitrogens is 2. The quantitative estimate of drug-likeness (QED) is 0.774. The molecule has 0 saturated carbocycles. The molecule has 3 heteroatoms. The van der Waals surface area contributed by atoms with Crippen molar-refractivity contribution in [2.75, 3.05) is 0 Å². The molecule has 0 spiro atoms. The largest absolute Gasteiger partial charge is 0.328 e. The second kappa shape index (κ2) is 6.10. The highest BCUT2D eigenvalue weighted by atomic mass is 15.1. The molecule has 2 N–H and O–H groups in total. The van der Waals surface area contributed by atoms with Gasteiger partial charge in [0.2, 0.25) is 0 Å². The van der Waals surface area contributed by atoms with Crippen molar-refractivity contribution >= 4 is 11.0 Å². The Morgan fingerprint density at radius 3 is 2.52 bits per heavy atom. The third kappa shape index (κ3) is 2.98. The molecular weight excluding hydrogens is 258 g/mol. The van der Waals surface area contributed by atoms with Crippen molar-refractivity contribution in [2.24, 2.45) is 5.73 Å². The van der Waals surface area contributed by atoms with Gasteiger partial charge in [-0.3, -0.25) is 4.57 Å². The Labute approximate surface area is 125 Å². The molecule has 21 heavy (non-hydrogen) atoms. The van der Waals surface area contributed by atoms with Gasteiger partial charge in [0.15, 0.2) is 0 Å². The first kappa shape index (κ1) is 13.8. The fourth-order valence-corrected chi connectivity index (χ4v) is 2.69. The molecule has 0 aliphatic carbocycles. The maximum Gasteiger partial charge on any atom is 0.114 e. The summed E-state index contributed by atoms with van der Waals surface area (Å²) in [5.74, 6) is 1.11. The number of benzene rings is 2. The molecule has 108 valence electrons. The number of nitrogens with zero attached hydrogens (tertiary/aromatic N) is 2. The minimum Gasteiger partial charge on any atom is -0.328 e. The van der Waals surface area contributed by atoms with Crippen LogP contribution >= 0.6 is 0 Å². The highest BCUT2D eigenvalue weighted by Gasteiger charge is 2.11. The van der Waals surface area contributed by atoms with E-state index in [-0.39, 0.29) is 6.04 Å². The second-order valence-electron chi connectivity index (χ2n) is 5.56. The van der Waals surface area contributed by atoms with Crippen molar-refractivity contribution in [3.8, 4) is 5.69 Å². The van der Waals surface area contributed by atoms with Crippen LogP contribution in [0.15, 0.2) is 54.6 Å². The number of aryl methyl sites for hydroxylation is 1. The molecule has 0 amide bonds. The molecule has 0 aliphatic rings. The van der Waals surface area contributed by atoms with E-state index in [1.165, 1.54) is 11.2 Å². The summed E-state index contributed by atoms with van der Waals surface area (Å²) in [4.78, 5) is 4.81. The van der Waals surface area contributed by atoms with Crippen LogP contribution in [0.4, 0.5) is 0 Å². The molecule has 1 unspecified atom stereocenters. The highest BCUT2D eigenvalue weighted by Crippen LogP contribution is 2.22. The normalized spacial score (nSPS) is 12.7. The first-order valence-electron chi connectivity index (χ1n) is 7.53. The first-order chi connectivity index (χ1) is 10.3. The minimum atomic E-state index is 0.250. The molecule has 0 saturated heterocycles. The Morgan fingerprint density at radius 1 is 1.05 bits per heavy atom. The molecule has 3 nitrogen and oxygen atoms in total. The standard InChI is InChI=1S/C18H21N3/c1-14(19)8-7-13-18-20-16-11-5-6-12-17(16)21(18)15-9-3-2-4-10-15/h2-6,9-12,14H,7-8,13,19H2,1H3. The average Bonchev–Trinajstić information content (AvgIpc) is 2.86. The number of hydrogen-bond acceptors (Lipinski definition) is 2. The lowest BCUT2D eigenvalue weighted by Gasteiger charge is -2.10. The van der Waals surface area contributed by atoms with Crippen LogP contribution < -0.4 is 5.73 Å². The van der Waals surface area contributed by atoms with E-state index in [4.69, 9.17) is 10.7 Å². The fourth-order valence-electron chi connectivity index (χ4n) is 2.69. The highest BCUT2D eigenvalue weighted by molar-refractivity contribution is 5.78. The lowest BCUT2D eigenvalue weighted by molar-refractivity contribution is 0.612. The Hall–Kier alpha value is -2.13. The summed E-state index contributed by atoms with van der Waals surface area (Å²) in [6.45, 7) is 2.06. The third-order valence-corrected chi connectivity index (χ3v) is 3.70. The van der Waals surface area contributed by atoms with Gasteiger partial charge in [0.25, 0.3) is 0 Å². The van der Waals surface area contributed by atoms with Crippen molar-refractivity contribution in [3.05, 3.63) is 60.4 Å². The average molecular weight is 279 g/mol. The molecule has 1 aromatic heterocycles. The minimum absolute atomic E-state index is 0.250. The smallest absolute Gasteiger partial charge is 0.114 e. The summed E-state index contributed by atoms with van der Waals surface area (Å²) in [6, 6.07) is 19.0. The lowest BCUT2D eigenvalue weighted by Crippen LogP contribution is -2.15. The number of fused-ring (bicyclic) bond motifs is 1. The van der Waals surface area contributed by atoms with Crippen molar-refractivity contribution in [2.45, 2.75) is 32.2 Å². The lowest BCUT2D eigenvalue weighted by atomic mass is 10.1. The predicted molar refractivity (Wildman–Crippen MR) is 87.7 cm³/mol. The molecule has 1 atom stereocenters. The second-order valence-corrected chi connectivity index (χ2v) is 5.56. The first-order valence-corrected chi connectivity index (χ1v) is 7.53. The topological polar surface area (TPSA) is 43.8 Å². The summed E-state index contributed by atoms with van der Waals surface area (Å²) in [7, 11) is 0. The summed E-state index contributed by atoms with van der Waals surface area (Å²) in [6.07, 6.45) is 3.04. The van der Waals surface area contributed by atoms with Gasteiger partial charge in [0.05, 0.1) is 11.0 Å². The molecule has 2 aromatic carbocycles. The van der Waals surface area contributed by atoms with Crippen molar-refractivity contribution in [1.29, 1.82) is 0 Å². The van der Waals surface area contributed by atoms with Gasteiger partial charge in [0, 0.05) is 18.2 Å². The van der Waals surface area contributed by atoms with E-state index in [0.717, 1.165) is 30.6 Å². The van der Waals surface area contributed by atoms with Crippen LogP contribution in [-0.4, -0.2) is 15.6 Å². The van der Waals surface area contributed by atoms with Gasteiger partial charge in [-0.05, 0) is 44.0 Å². The van der Waals surface area contributed by atoms with Crippen LogP contribution in [0, 0.1) is 0 Å². The number of hydrogen-bond donors (Lipinski definition) is 1. The van der Waals surface area contributed by atoms with E-state index in [1.807, 2.05) is 12.1 Å². The SMILES string of the molecule is CC(N)CCCc1nc2ccccc2n1-c1ccccc1. The van der Waals surface area contributed by atoms with Gasteiger partial charge in [0.1, 0.15) is 5.82 Å². The number of imidazole rings is 1. The Balaban J connectivity index is 2.02. The van der Waals surface area contributed by atoms with Crippen LogP contribution in [0.3, 0.4) is 0 Å². The van der Waals surface area contributed by atoms with Gasteiger partial charge < -0.3 is 5.73 Å². The molecule has 0 bridgehead atoms. The van der Waals surface area contributed by atoms with Gasteiger partial charge in [-0.25, -0.2) is 4.98 Å². The Kier molecular flexibility index (Phi) is 4.02. The van der Waals surface area contributed by atoms with E-state index in [2.05, 4.69) is 54.0 Å². The monoisotopic (exact) mass is 279 g/mol. The number of rotatable bonds is 5. The summed E-state index contributed by atoms with van der Waals surface area (Å²) in [5, 5.41) is 0. The molecule has 1 heterocycles. The zero-order chi connectivity index (χ0) is 14.7.